The zero-order valence-corrected chi connectivity index (χ0v) is 15.5. The summed E-state index contributed by atoms with van der Waals surface area (Å²) in [5.74, 6) is 0. The highest BCUT2D eigenvalue weighted by molar-refractivity contribution is 5.48. The van der Waals surface area contributed by atoms with Crippen LogP contribution >= 0.6 is 0 Å². The summed E-state index contributed by atoms with van der Waals surface area (Å²) in [6.07, 6.45) is 2.94. The molecule has 2 heterocycles. The maximum Gasteiger partial charge on any atom is 0.0642 e. The fourth-order valence-electron chi connectivity index (χ4n) is 3.68. The van der Waals surface area contributed by atoms with Gasteiger partial charge in [0.15, 0.2) is 0 Å². The summed E-state index contributed by atoms with van der Waals surface area (Å²) in [6, 6.07) is 9.33. The van der Waals surface area contributed by atoms with Crippen LogP contribution in [-0.4, -0.2) is 68.6 Å². The van der Waals surface area contributed by atoms with E-state index in [2.05, 4.69) is 46.3 Å². The predicted molar refractivity (Wildman–Crippen MR) is 102 cm³/mol. The van der Waals surface area contributed by atoms with Crippen molar-refractivity contribution in [2.45, 2.75) is 38.3 Å². The van der Waals surface area contributed by atoms with Crippen molar-refractivity contribution in [3.05, 3.63) is 29.8 Å². The van der Waals surface area contributed by atoms with Gasteiger partial charge in [0.1, 0.15) is 0 Å². The summed E-state index contributed by atoms with van der Waals surface area (Å²) in [4.78, 5) is 4.86. The average Bonchev–Trinajstić information content (AvgIpc) is 2.67. The number of likely N-dealkylation sites (tertiary alicyclic amines) is 1. The van der Waals surface area contributed by atoms with Gasteiger partial charge in [-0.15, -0.1) is 0 Å². The van der Waals surface area contributed by atoms with Gasteiger partial charge >= 0.3 is 0 Å². The first-order valence-corrected chi connectivity index (χ1v) is 9.79. The van der Waals surface area contributed by atoms with E-state index in [-0.39, 0.29) is 6.10 Å². The summed E-state index contributed by atoms with van der Waals surface area (Å²) >= 11 is 0. The van der Waals surface area contributed by atoms with Crippen molar-refractivity contribution in [1.29, 1.82) is 0 Å². The first-order valence-electron chi connectivity index (χ1n) is 9.79. The average molecular weight is 348 g/mol. The van der Waals surface area contributed by atoms with Crippen molar-refractivity contribution in [1.82, 2.24) is 10.2 Å². The lowest BCUT2D eigenvalue weighted by Gasteiger charge is -2.29. The number of nitrogens with one attached hydrogen (secondary N) is 1. The molecule has 2 aliphatic heterocycles. The Bertz CT molecular complexity index is 494. The zero-order valence-electron chi connectivity index (χ0n) is 15.5. The van der Waals surface area contributed by atoms with Crippen LogP contribution in [0.5, 0.6) is 0 Å². The SMILES string of the molecule is CC(NCCCN1CCC(O)CC1)c1ccc(N2CCOCC2)cc1. The second-order valence-corrected chi connectivity index (χ2v) is 7.29. The normalized spacial score (nSPS) is 21.4. The van der Waals surface area contributed by atoms with Gasteiger partial charge in [-0.3, -0.25) is 0 Å². The molecule has 2 fully saturated rings. The molecule has 1 aromatic rings. The van der Waals surface area contributed by atoms with Crippen molar-refractivity contribution in [3.63, 3.8) is 0 Å². The van der Waals surface area contributed by atoms with Crippen LogP contribution in [0.3, 0.4) is 0 Å². The minimum atomic E-state index is -0.0742. The second kappa shape index (κ2) is 9.53. The number of hydrogen-bond acceptors (Lipinski definition) is 5. The lowest BCUT2D eigenvalue weighted by Crippen LogP contribution is -2.37. The standard InChI is InChI=1S/C20H33N3O2/c1-17(21-9-2-10-22-11-7-20(24)8-12-22)18-3-5-19(6-4-18)23-13-15-25-16-14-23/h3-6,17,20-21,24H,2,7-16H2,1H3. The molecule has 1 atom stereocenters. The second-order valence-electron chi connectivity index (χ2n) is 7.29. The van der Waals surface area contributed by atoms with Crippen LogP contribution in [-0.2, 0) is 4.74 Å². The number of hydrogen-bond donors (Lipinski definition) is 2. The largest absolute Gasteiger partial charge is 0.393 e. The zero-order chi connectivity index (χ0) is 17.5. The number of morpholine rings is 1. The molecule has 0 amide bonds. The number of aliphatic hydroxyl groups is 1. The van der Waals surface area contributed by atoms with Crippen LogP contribution in [0.2, 0.25) is 0 Å². The van der Waals surface area contributed by atoms with Crippen molar-refractivity contribution >= 4 is 5.69 Å². The highest BCUT2D eigenvalue weighted by atomic mass is 16.5. The van der Waals surface area contributed by atoms with E-state index < -0.39 is 0 Å². The number of ether oxygens (including phenoxy) is 1. The van der Waals surface area contributed by atoms with Crippen molar-refractivity contribution in [2.24, 2.45) is 0 Å². The summed E-state index contributed by atoms with van der Waals surface area (Å²) < 4.78 is 5.42. The monoisotopic (exact) mass is 347 g/mol. The third-order valence-corrected chi connectivity index (χ3v) is 5.43. The molecule has 0 aliphatic carbocycles. The molecule has 5 nitrogen and oxygen atoms in total. The van der Waals surface area contributed by atoms with Gasteiger partial charge in [-0.05, 0) is 57.0 Å². The maximum absolute atomic E-state index is 9.55. The number of anilines is 1. The molecular weight excluding hydrogens is 314 g/mol. The molecule has 0 aromatic heterocycles. The van der Waals surface area contributed by atoms with E-state index in [0.29, 0.717) is 6.04 Å². The molecule has 2 saturated heterocycles. The summed E-state index contributed by atoms with van der Waals surface area (Å²) in [6.45, 7) is 10.1. The predicted octanol–water partition coefficient (Wildman–Crippen LogP) is 2.02. The number of aliphatic hydroxyl groups excluding tert-OH is 1. The highest BCUT2D eigenvalue weighted by Gasteiger charge is 2.16. The highest BCUT2D eigenvalue weighted by Crippen LogP contribution is 2.20. The van der Waals surface area contributed by atoms with Crippen LogP contribution in [0.25, 0.3) is 0 Å². The molecule has 0 spiro atoms. The van der Waals surface area contributed by atoms with Crippen LogP contribution in [0.4, 0.5) is 5.69 Å². The van der Waals surface area contributed by atoms with Gasteiger partial charge in [-0.1, -0.05) is 12.1 Å². The molecule has 2 aliphatic rings. The Morgan fingerprint density at radius 3 is 2.48 bits per heavy atom. The molecule has 140 valence electrons. The lowest BCUT2D eigenvalue weighted by molar-refractivity contribution is 0.0820. The van der Waals surface area contributed by atoms with Gasteiger partial charge in [-0.2, -0.15) is 0 Å². The Labute approximate surface area is 152 Å². The molecule has 3 rings (SSSR count). The Morgan fingerprint density at radius 1 is 1.12 bits per heavy atom. The van der Waals surface area contributed by atoms with Crippen molar-refractivity contribution < 1.29 is 9.84 Å². The van der Waals surface area contributed by atoms with Crippen LogP contribution < -0.4 is 10.2 Å². The first-order chi connectivity index (χ1) is 12.2. The fourth-order valence-corrected chi connectivity index (χ4v) is 3.68. The summed E-state index contributed by atoms with van der Waals surface area (Å²) in [5, 5.41) is 13.2. The fraction of sp³-hybridized carbons (Fsp3) is 0.700. The van der Waals surface area contributed by atoms with E-state index in [1.165, 1.54) is 11.3 Å². The molecule has 0 radical (unpaired) electrons. The van der Waals surface area contributed by atoms with E-state index in [4.69, 9.17) is 4.74 Å². The van der Waals surface area contributed by atoms with Gasteiger partial charge in [0.05, 0.1) is 19.3 Å². The van der Waals surface area contributed by atoms with Gasteiger partial charge in [0.25, 0.3) is 0 Å². The topological polar surface area (TPSA) is 48.0 Å². The van der Waals surface area contributed by atoms with Gasteiger partial charge in [0.2, 0.25) is 0 Å². The quantitative estimate of drug-likeness (QED) is 0.739. The molecular formula is C20H33N3O2. The smallest absolute Gasteiger partial charge is 0.0642 e. The third-order valence-electron chi connectivity index (χ3n) is 5.43. The Morgan fingerprint density at radius 2 is 1.80 bits per heavy atom. The Hall–Kier alpha value is -1.14. The van der Waals surface area contributed by atoms with Crippen molar-refractivity contribution in [3.8, 4) is 0 Å². The Kier molecular flexibility index (Phi) is 7.11. The number of piperidine rings is 1. The van der Waals surface area contributed by atoms with Gasteiger partial charge in [-0.25, -0.2) is 0 Å². The van der Waals surface area contributed by atoms with Crippen LogP contribution in [0.15, 0.2) is 24.3 Å². The molecule has 1 aromatic carbocycles. The van der Waals surface area contributed by atoms with Crippen LogP contribution in [0, 0.1) is 0 Å². The van der Waals surface area contributed by atoms with E-state index in [9.17, 15) is 5.11 Å². The lowest BCUT2D eigenvalue weighted by atomic mass is 10.1. The molecule has 2 N–H and O–H groups in total. The minimum absolute atomic E-state index is 0.0742. The molecule has 1 unspecified atom stereocenters. The van der Waals surface area contributed by atoms with Gasteiger partial charge in [0, 0.05) is 37.9 Å². The Balaban J connectivity index is 1.37. The molecule has 0 saturated carbocycles. The van der Waals surface area contributed by atoms with E-state index >= 15 is 0 Å². The molecule has 0 bridgehead atoms. The summed E-state index contributed by atoms with van der Waals surface area (Å²) in [7, 11) is 0. The molecule has 5 heteroatoms. The number of nitrogens with zero attached hydrogens (tertiary/aromatic N) is 2. The first kappa shape index (κ1) is 18.6. The van der Waals surface area contributed by atoms with E-state index in [1.807, 2.05) is 0 Å². The minimum Gasteiger partial charge on any atom is -0.393 e. The summed E-state index contributed by atoms with van der Waals surface area (Å²) in [5.41, 5.74) is 2.64. The van der Waals surface area contributed by atoms with Crippen LogP contribution in [0.1, 0.15) is 37.8 Å². The third kappa shape index (κ3) is 5.68. The van der Waals surface area contributed by atoms with E-state index in [1.54, 1.807) is 0 Å². The molecule has 25 heavy (non-hydrogen) atoms. The van der Waals surface area contributed by atoms with Gasteiger partial charge < -0.3 is 25.0 Å². The number of benzene rings is 1. The number of rotatable bonds is 7. The maximum atomic E-state index is 9.55. The van der Waals surface area contributed by atoms with Crippen molar-refractivity contribution in [2.75, 3.05) is 57.4 Å². The van der Waals surface area contributed by atoms with E-state index in [0.717, 1.165) is 71.7 Å².